The monoisotopic (exact) mass is 347 g/mol. The average Bonchev–Trinajstić information content (AvgIpc) is 2.53. The lowest BCUT2D eigenvalue weighted by Crippen LogP contribution is -2.57. The number of rotatable bonds is 6. The van der Waals surface area contributed by atoms with Gasteiger partial charge in [-0.1, -0.05) is 39.3 Å². The Kier molecular flexibility index (Phi) is 6.50. The minimum Gasteiger partial charge on any atom is -0.508 e. The van der Waals surface area contributed by atoms with E-state index in [0.29, 0.717) is 12.3 Å². The van der Waals surface area contributed by atoms with Crippen LogP contribution in [0.2, 0.25) is 0 Å². The molecule has 0 bridgehead atoms. The predicted octanol–water partition coefficient (Wildman–Crippen LogP) is 3.65. The molecule has 3 unspecified atom stereocenters. The molecule has 1 aliphatic carbocycles. The highest BCUT2D eigenvalue weighted by atomic mass is 16.3. The number of carbonyl (C=O) groups is 1. The summed E-state index contributed by atoms with van der Waals surface area (Å²) in [6, 6.07) is 7.15. The van der Waals surface area contributed by atoms with Crippen LogP contribution in [0.15, 0.2) is 24.3 Å². The maximum absolute atomic E-state index is 12.9. The van der Waals surface area contributed by atoms with Gasteiger partial charge in [0, 0.05) is 6.04 Å². The van der Waals surface area contributed by atoms with Gasteiger partial charge in [0.25, 0.3) is 5.91 Å². The molecule has 4 nitrogen and oxygen atoms in total. The molecule has 0 heterocycles. The van der Waals surface area contributed by atoms with Crippen molar-refractivity contribution in [2.24, 2.45) is 17.8 Å². The van der Waals surface area contributed by atoms with Crippen LogP contribution in [0.5, 0.6) is 5.75 Å². The first-order valence-corrected chi connectivity index (χ1v) is 9.53. The van der Waals surface area contributed by atoms with Crippen molar-refractivity contribution in [3.63, 3.8) is 0 Å². The van der Waals surface area contributed by atoms with Gasteiger partial charge in [0.05, 0.1) is 0 Å². The summed E-state index contributed by atoms with van der Waals surface area (Å²) in [6.45, 7) is 8.28. The molecule has 0 saturated heterocycles. The number of hydrogen-bond acceptors (Lipinski definition) is 3. The molecule has 25 heavy (non-hydrogen) atoms. The number of hydrogen-bond donors (Lipinski definition) is 3. The van der Waals surface area contributed by atoms with Gasteiger partial charge < -0.3 is 15.5 Å². The molecule has 3 N–H and O–H groups in total. The molecule has 1 aromatic carbocycles. The zero-order chi connectivity index (χ0) is 18.6. The lowest BCUT2D eigenvalue weighted by molar-refractivity contribution is -0.156. The number of amides is 1. The third-order valence-corrected chi connectivity index (χ3v) is 5.62. The Bertz CT molecular complexity index is 569. The predicted molar refractivity (Wildman–Crippen MR) is 100 cm³/mol. The van der Waals surface area contributed by atoms with E-state index in [9.17, 15) is 15.0 Å². The smallest absolute Gasteiger partial charge is 0.252 e. The van der Waals surface area contributed by atoms with E-state index >= 15 is 0 Å². The first-order valence-electron chi connectivity index (χ1n) is 9.53. The minimum atomic E-state index is -1.25. The van der Waals surface area contributed by atoms with Gasteiger partial charge in [0.15, 0.2) is 0 Å². The normalized spacial score (nSPS) is 27.9. The standard InChI is InChI=1S/C21H33NO3/c1-14(2)19-12-5-15(3)13-21(19,25)20(24)22-16(4)6-7-17-8-10-18(23)11-9-17/h8-11,14-16,19,23,25H,5-7,12-13H2,1-4H3,(H,22,24)/t15?,16-,19?,21?/m0/s1. The second kappa shape index (κ2) is 8.22. The van der Waals surface area contributed by atoms with Gasteiger partial charge in [0.1, 0.15) is 11.4 Å². The second-order valence-corrected chi connectivity index (χ2v) is 8.24. The molecule has 1 aliphatic rings. The first-order chi connectivity index (χ1) is 11.7. The van der Waals surface area contributed by atoms with E-state index in [1.54, 1.807) is 12.1 Å². The van der Waals surface area contributed by atoms with Gasteiger partial charge in [-0.3, -0.25) is 4.79 Å². The van der Waals surface area contributed by atoms with Crippen molar-refractivity contribution in [3.05, 3.63) is 29.8 Å². The van der Waals surface area contributed by atoms with Crippen LogP contribution >= 0.6 is 0 Å². The second-order valence-electron chi connectivity index (χ2n) is 8.24. The average molecular weight is 347 g/mol. The molecule has 0 spiro atoms. The molecule has 1 saturated carbocycles. The Balaban J connectivity index is 1.95. The van der Waals surface area contributed by atoms with Crippen LogP contribution in [-0.2, 0) is 11.2 Å². The molecule has 0 aromatic heterocycles. The van der Waals surface area contributed by atoms with Crippen molar-refractivity contribution in [2.45, 2.75) is 71.4 Å². The number of nitrogens with one attached hydrogen (secondary N) is 1. The maximum atomic E-state index is 12.9. The van der Waals surface area contributed by atoms with Gasteiger partial charge in [-0.05, 0) is 68.1 Å². The van der Waals surface area contributed by atoms with Crippen molar-refractivity contribution >= 4 is 5.91 Å². The van der Waals surface area contributed by atoms with Gasteiger partial charge in [-0.2, -0.15) is 0 Å². The third kappa shape index (κ3) is 4.97. The summed E-state index contributed by atoms with van der Waals surface area (Å²) in [7, 11) is 0. The van der Waals surface area contributed by atoms with Crippen LogP contribution in [0.25, 0.3) is 0 Å². The molecule has 1 fully saturated rings. The van der Waals surface area contributed by atoms with E-state index in [4.69, 9.17) is 0 Å². The molecule has 1 amide bonds. The fourth-order valence-electron chi connectivity index (χ4n) is 4.10. The highest BCUT2D eigenvalue weighted by Gasteiger charge is 2.48. The van der Waals surface area contributed by atoms with E-state index in [2.05, 4.69) is 26.1 Å². The molecule has 4 atom stereocenters. The Morgan fingerprint density at radius 3 is 2.48 bits per heavy atom. The van der Waals surface area contributed by atoms with E-state index < -0.39 is 5.60 Å². The number of carbonyl (C=O) groups excluding carboxylic acids is 1. The Morgan fingerprint density at radius 1 is 1.24 bits per heavy atom. The fraction of sp³-hybridized carbons (Fsp3) is 0.667. The van der Waals surface area contributed by atoms with Crippen LogP contribution in [0.3, 0.4) is 0 Å². The highest BCUT2D eigenvalue weighted by Crippen LogP contribution is 2.41. The van der Waals surface area contributed by atoms with Crippen molar-refractivity contribution in [2.75, 3.05) is 0 Å². The van der Waals surface area contributed by atoms with Gasteiger partial charge in [-0.25, -0.2) is 0 Å². The van der Waals surface area contributed by atoms with Crippen molar-refractivity contribution in [1.82, 2.24) is 5.32 Å². The summed E-state index contributed by atoms with van der Waals surface area (Å²) in [4.78, 5) is 12.9. The van der Waals surface area contributed by atoms with Crippen LogP contribution < -0.4 is 5.32 Å². The van der Waals surface area contributed by atoms with Crippen molar-refractivity contribution < 1.29 is 15.0 Å². The molecule has 0 radical (unpaired) electrons. The van der Waals surface area contributed by atoms with Crippen LogP contribution in [0, 0.1) is 17.8 Å². The molecule has 2 rings (SSSR count). The maximum Gasteiger partial charge on any atom is 0.252 e. The molecule has 1 aromatic rings. The number of aliphatic hydroxyl groups is 1. The molecular formula is C21H33NO3. The number of phenolic OH excluding ortho intramolecular Hbond substituents is 1. The summed E-state index contributed by atoms with van der Waals surface area (Å²) in [6.07, 6.45) is 4.16. The molecule has 0 aliphatic heterocycles. The lowest BCUT2D eigenvalue weighted by atomic mass is 9.66. The van der Waals surface area contributed by atoms with Gasteiger partial charge in [-0.15, -0.1) is 0 Å². The van der Waals surface area contributed by atoms with Crippen LogP contribution in [0.1, 0.15) is 58.9 Å². The van der Waals surface area contributed by atoms with Crippen molar-refractivity contribution in [3.8, 4) is 5.75 Å². The van der Waals surface area contributed by atoms with E-state index in [0.717, 1.165) is 31.2 Å². The number of phenols is 1. The largest absolute Gasteiger partial charge is 0.508 e. The number of aromatic hydroxyl groups is 1. The quantitative estimate of drug-likeness (QED) is 0.735. The first kappa shape index (κ1) is 19.8. The summed E-state index contributed by atoms with van der Waals surface area (Å²) in [5.74, 6) is 0.732. The van der Waals surface area contributed by atoms with E-state index in [-0.39, 0.29) is 29.5 Å². The molecule has 4 heteroatoms. The van der Waals surface area contributed by atoms with Crippen molar-refractivity contribution in [1.29, 1.82) is 0 Å². The van der Waals surface area contributed by atoms with Crippen LogP contribution in [0.4, 0.5) is 0 Å². The summed E-state index contributed by atoms with van der Waals surface area (Å²) >= 11 is 0. The van der Waals surface area contributed by atoms with Gasteiger partial charge >= 0.3 is 0 Å². The SMILES string of the molecule is CC1CCC(C(C)C)C(O)(C(=O)N[C@@H](C)CCc2ccc(O)cc2)C1. The Hall–Kier alpha value is -1.55. The van der Waals surface area contributed by atoms with Gasteiger partial charge in [0.2, 0.25) is 0 Å². The Morgan fingerprint density at radius 2 is 1.88 bits per heavy atom. The topological polar surface area (TPSA) is 69.6 Å². The van der Waals surface area contributed by atoms with Crippen LogP contribution in [-0.4, -0.2) is 27.8 Å². The summed E-state index contributed by atoms with van der Waals surface area (Å²) < 4.78 is 0. The molecular weight excluding hydrogens is 314 g/mol. The zero-order valence-corrected chi connectivity index (χ0v) is 16.0. The zero-order valence-electron chi connectivity index (χ0n) is 16.0. The summed E-state index contributed by atoms with van der Waals surface area (Å²) in [5.41, 5.74) is -0.123. The lowest BCUT2D eigenvalue weighted by Gasteiger charge is -2.43. The van der Waals surface area contributed by atoms with E-state index in [1.165, 1.54) is 0 Å². The molecule has 140 valence electrons. The minimum absolute atomic E-state index is 0.00428. The fourth-order valence-corrected chi connectivity index (χ4v) is 4.10. The number of aryl methyl sites for hydroxylation is 1. The Labute approximate surface area is 151 Å². The highest BCUT2D eigenvalue weighted by molar-refractivity contribution is 5.85. The van der Waals surface area contributed by atoms with E-state index in [1.807, 2.05) is 19.1 Å². The third-order valence-electron chi connectivity index (χ3n) is 5.62. The summed E-state index contributed by atoms with van der Waals surface area (Å²) in [5, 5.41) is 23.5. The number of benzene rings is 1.